The Labute approximate surface area is 184 Å². The first kappa shape index (κ1) is 24.3. The molecule has 0 bridgehead atoms. The smallest absolute Gasteiger partial charge is 0.127 e. The molecule has 0 fully saturated rings. The van der Waals surface area contributed by atoms with Crippen LogP contribution in [0.25, 0.3) is 11.1 Å². The highest BCUT2D eigenvalue weighted by molar-refractivity contribution is 5.85. The Hall–Kier alpha value is -1.96. The summed E-state index contributed by atoms with van der Waals surface area (Å²) in [5.41, 5.74) is 7.72. The number of benzene rings is 2. The van der Waals surface area contributed by atoms with Crippen molar-refractivity contribution in [1.29, 1.82) is 0 Å². The number of hydrogen-bond acceptors (Lipinski definition) is 2. The summed E-state index contributed by atoms with van der Waals surface area (Å²) in [6.45, 7) is 25.7. The molecule has 0 saturated heterocycles. The molecule has 2 N–H and O–H groups in total. The molecule has 0 aromatic heterocycles. The van der Waals surface area contributed by atoms with Crippen molar-refractivity contribution in [3.05, 3.63) is 45.5 Å². The lowest BCUT2D eigenvalue weighted by atomic mass is 9.75. The van der Waals surface area contributed by atoms with Gasteiger partial charge in [0, 0.05) is 11.1 Å². The van der Waals surface area contributed by atoms with Crippen LogP contribution in [0.4, 0.5) is 0 Å². The van der Waals surface area contributed by atoms with Crippen molar-refractivity contribution >= 4 is 0 Å². The molecular formula is C28H42O2. The van der Waals surface area contributed by atoms with Crippen LogP contribution in [0.15, 0.2) is 12.1 Å². The number of phenolic OH excluding ortho intramolecular Hbond substituents is 2. The van der Waals surface area contributed by atoms with Gasteiger partial charge in [-0.05, 0) is 69.9 Å². The zero-order chi connectivity index (χ0) is 23.3. The van der Waals surface area contributed by atoms with Crippen LogP contribution in [-0.4, -0.2) is 10.2 Å². The van der Waals surface area contributed by atoms with Crippen molar-refractivity contribution in [2.45, 2.75) is 106 Å². The van der Waals surface area contributed by atoms with Gasteiger partial charge in [0.05, 0.1) is 0 Å². The molecule has 0 unspecified atom stereocenters. The fraction of sp³-hybridized carbons (Fsp3) is 0.571. The van der Waals surface area contributed by atoms with E-state index >= 15 is 0 Å². The summed E-state index contributed by atoms with van der Waals surface area (Å²) >= 11 is 0. The molecular weight excluding hydrogens is 368 g/mol. The highest BCUT2D eigenvalue weighted by Gasteiger charge is 2.30. The Morgan fingerprint density at radius 1 is 0.600 bits per heavy atom. The average molecular weight is 411 g/mol. The van der Waals surface area contributed by atoms with Gasteiger partial charge in [-0.15, -0.1) is 0 Å². The van der Waals surface area contributed by atoms with Gasteiger partial charge in [0.25, 0.3) is 0 Å². The van der Waals surface area contributed by atoms with E-state index in [2.05, 4.69) is 81.4 Å². The summed E-state index contributed by atoms with van der Waals surface area (Å²) in [6, 6.07) is 4.48. The Balaban J connectivity index is 3.08. The first-order valence-electron chi connectivity index (χ1n) is 11.2. The summed E-state index contributed by atoms with van der Waals surface area (Å²) in [5, 5.41) is 22.9. The van der Waals surface area contributed by atoms with Gasteiger partial charge in [-0.3, -0.25) is 0 Å². The van der Waals surface area contributed by atoms with Crippen LogP contribution in [0.1, 0.15) is 114 Å². The molecule has 0 spiro atoms. The predicted octanol–water partition coefficient (Wildman–Crippen LogP) is 8.22. The van der Waals surface area contributed by atoms with Crippen LogP contribution in [-0.2, 0) is 10.8 Å². The molecule has 2 aromatic rings. The predicted molar refractivity (Wildman–Crippen MR) is 130 cm³/mol. The Morgan fingerprint density at radius 2 is 0.867 bits per heavy atom. The zero-order valence-corrected chi connectivity index (χ0v) is 21.2. The molecule has 0 radical (unpaired) electrons. The van der Waals surface area contributed by atoms with Crippen LogP contribution in [0.3, 0.4) is 0 Å². The third-order valence-corrected chi connectivity index (χ3v) is 6.28. The van der Waals surface area contributed by atoms with Gasteiger partial charge in [-0.1, -0.05) is 81.4 Å². The molecule has 2 nitrogen and oxygen atoms in total. The van der Waals surface area contributed by atoms with Crippen LogP contribution in [0.2, 0.25) is 0 Å². The normalized spacial score (nSPS) is 12.9. The number of hydrogen-bond donors (Lipinski definition) is 2. The highest BCUT2D eigenvalue weighted by Crippen LogP contribution is 2.50. The SMILES string of the molecule is Cc1c(C(C)(C)C)cc(C(C)C)c(-c2c(C(C)C)cc(C(C)(C)C)c(C)c2O)c1O. The minimum absolute atomic E-state index is 0.0708. The van der Waals surface area contributed by atoms with Crippen molar-refractivity contribution in [2.24, 2.45) is 0 Å². The molecule has 30 heavy (non-hydrogen) atoms. The quantitative estimate of drug-likeness (QED) is 0.535. The van der Waals surface area contributed by atoms with Crippen LogP contribution >= 0.6 is 0 Å². The van der Waals surface area contributed by atoms with Crippen LogP contribution in [0.5, 0.6) is 11.5 Å². The van der Waals surface area contributed by atoms with E-state index in [1.165, 1.54) is 0 Å². The van der Waals surface area contributed by atoms with E-state index in [4.69, 9.17) is 0 Å². The Kier molecular flexibility index (Phi) is 6.44. The maximum Gasteiger partial charge on any atom is 0.127 e. The molecule has 0 saturated carbocycles. The van der Waals surface area contributed by atoms with E-state index in [0.717, 1.165) is 44.5 Å². The van der Waals surface area contributed by atoms with Gasteiger partial charge in [-0.25, -0.2) is 0 Å². The molecule has 0 aliphatic rings. The molecule has 0 aliphatic heterocycles. The number of rotatable bonds is 3. The summed E-state index contributed by atoms with van der Waals surface area (Å²) in [4.78, 5) is 0. The summed E-state index contributed by atoms with van der Waals surface area (Å²) in [5.74, 6) is 1.03. The zero-order valence-electron chi connectivity index (χ0n) is 21.2. The summed E-state index contributed by atoms with van der Waals surface area (Å²) < 4.78 is 0. The molecule has 166 valence electrons. The largest absolute Gasteiger partial charge is 0.507 e. The lowest BCUT2D eigenvalue weighted by Crippen LogP contribution is -2.16. The number of phenols is 2. The van der Waals surface area contributed by atoms with Crippen LogP contribution < -0.4 is 0 Å². The summed E-state index contributed by atoms with van der Waals surface area (Å²) in [6.07, 6.45) is 0. The van der Waals surface area contributed by atoms with Crippen LogP contribution in [0, 0.1) is 13.8 Å². The van der Waals surface area contributed by atoms with Crippen molar-refractivity contribution < 1.29 is 10.2 Å². The van der Waals surface area contributed by atoms with Gasteiger partial charge in [0.1, 0.15) is 11.5 Å². The minimum atomic E-state index is -0.0708. The number of aromatic hydroxyl groups is 2. The fourth-order valence-corrected chi connectivity index (χ4v) is 4.57. The van der Waals surface area contributed by atoms with Gasteiger partial charge in [0.15, 0.2) is 0 Å². The van der Waals surface area contributed by atoms with Crippen molar-refractivity contribution in [1.82, 2.24) is 0 Å². The van der Waals surface area contributed by atoms with Gasteiger partial charge >= 0.3 is 0 Å². The standard InChI is InChI=1S/C28H42O2/c1-15(2)19-13-21(27(7,8)9)17(5)25(29)23(19)24-20(16(3)4)14-22(28(10,11)12)18(6)26(24)30/h13-16,29-30H,1-12H3. The third kappa shape index (κ3) is 4.24. The van der Waals surface area contributed by atoms with E-state index in [0.29, 0.717) is 11.5 Å². The topological polar surface area (TPSA) is 40.5 Å². The first-order valence-corrected chi connectivity index (χ1v) is 11.2. The van der Waals surface area contributed by atoms with E-state index in [1.54, 1.807) is 0 Å². The lowest BCUT2D eigenvalue weighted by molar-refractivity contribution is 0.457. The first-order chi connectivity index (χ1) is 13.5. The molecule has 0 amide bonds. The third-order valence-electron chi connectivity index (χ3n) is 6.28. The molecule has 0 aliphatic carbocycles. The second-order valence-electron chi connectivity index (χ2n) is 11.5. The molecule has 2 aromatic carbocycles. The lowest BCUT2D eigenvalue weighted by Gasteiger charge is -2.30. The van der Waals surface area contributed by atoms with Crippen molar-refractivity contribution in [3.63, 3.8) is 0 Å². The Bertz CT molecular complexity index is 869. The van der Waals surface area contributed by atoms with E-state index in [9.17, 15) is 10.2 Å². The Morgan fingerprint density at radius 3 is 1.07 bits per heavy atom. The summed E-state index contributed by atoms with van der Waals surface area (Å²) in [7, 11) is 0. The maximum atomic E-state index is 11.5. The van der Waals surface area contributed by atoms with Crippen molar-refractivity contribution in [3.8, 4) is 22.6 Å². The van der Waals surface area contributed by atoms with E-state index in [1.807, 2.05) is 13.8 Å². The van der Waals surface area contributed by atoms with E-state index in [-0.39, 0.29) is 22.7 Å². The van der Waals surface area contributed by atoms with Gasteiger partial charge in [0.2, 0.25) is 0 Å². The van der Waals surface area contributed by atoms with Gasteiger partial charge < -0.3 is 10.2 Å². The second-order valence-corrected chi connectivity index (χ2v) is 11.5. The molecule has 0 heterocycles. The molecule has 2 heteroatoms. The second kappa shape index (κ2) is 7.94. The monoisotopic (exact) mass is 410 g/mol. The van der Waals surface area contributed by atoms with Crippen molar-refractivity contribution in [2.75, 3.05) is 0 Å². The van der Waals surface area contributed by atoms with E-state index < -0.39 is 0 Å². The maximum absolute atomic E-state index is 11.5. The average Bonchev–Trinajstić information content (AvgIpc) is 2.57. The minimum Gasteiger partial charge on any atom is -0.507 e. The fourth-order valence-electron chi connectivity index (χ4n) is 4.57. The molecule has 0 atom stereocenters. The van der Waals surface area contributed by atoms with Gasteiger partial charge in [-0.2, -0.15) is 0 Å². The molecule has 2 rings (SSSR count). The highest BCUT2D eigenvalue weighted by atomic mass is 16.3.